The fourth-order valence-electron chi connectivity index (χ4n) is 3.24. The lowest BCUT2D eigenvalue weighted by Gasteiger charge is -2.33. The lowest BCUT2D eigenvalue weighted by atomic mass is 9.74. The van der Waals surface area contributed by atoms with Crippen molar-refractivity contribution in [2.75, 3.05) is 7.05 Å². The molecule has 2 aromatic carbocycles. The van der Waals surface area contributed by atoms with Crippen molar-refractivity contribution in [1.29, 1.82) is 0 Å². The topological polar surface area (TPSA) is 12.0 Å². The summed E-state index contributed by atoms with van der Waals surface area (Å²) in [4.78, 5) is 0. The number of hydrogen-bond acceptors (Lipinski definition) is 1. The normalized spacial score (nSPS) is 18.2. The van der Waals surface area contributed by atoms with Gasteiger partial charge in [-0.15, -0.1) is 0 Å². The van der Waals surface area contributed by atoms with Gasteiger partial charge in [-0.25, -0.2) is 0 Å². The van der Waals surface area contributed by atoms with Gasteiger partial charge in [-0.1, -0.05) is 46.3 Å². The highest BCUT2D eigenvalue weighted by molar-refractivity contribution is 9.10. The maximum atomic E-state index is 3.61. The molecule has 1 nitrogen and oxygen atoms in total. The first-order valence-corrected chi connectivity index (χ1v) is 7.99. The predicted molar refractivity (Wildman–Crippen MR) is 88.2 cm³/mol. The third-order valence-corrected chi connectivity index (χ3v) is 4.75. The van der Waals surface area contributed by atoms with Crippen LogP contribution in [0.5, 0.6) is 0 Å². The molecule has 0 fully saturated rings. The van der Waals surface area contributed by atoms with Gasteiger partial charge in [0.2, 0.25) is 0 Å². The predicted octanol–water partition coefficient (Wildman–Crippen LogP) is 4.75. The van der Waals surface area contributed by atoms with Crippen LogP contribution in [0.15, 0.2) is 46.9 Å². The number of rotatable bonds is 4. The number of aryl methyl sites for hydroxylation is 1. The quantitative estimate of drug-likeness (QED) is 0.853. The number of halogens is 1. The molecular weight excluding hydrogens is 310 g/mol. The fourth-order valence-corrected chi connectivity index (χ4v) is 3.87. The van der Waals surface area contributed by atoms with Crippen molar-refractivity contribution in [3.05, 3.63) is 69.2 Å². The summed E-state index contributed by atoms with van der Waals surface area (Å²) in [5.74, 6) is 0.697. The van der Waals surface area contributed by atoms with E-state index in [4.69, 9.17) is 0 Å². The Labute approximate surface area is 129 Å². The maximum Gasteiger partial charge on any atom is 0.0323 e. The minimum absolute atomic E-state index is 0.421. The summed E-state index contributed by atoms with van der Waals surface area (Å²) in [6.07, 6.45) is 2.39. The smallest absolute Gasteiger partial charge is 0.0323 e. The van der Waals surface area contributed by atoms with Gasteiger partial charge in [0.1, 0.15) is 0 Å². The highest BCUT2D eigenvalue weighted by Gasteiger charge is 2.28. The molecule has 0 heterocycles. The summed E-state index contributed by atoms with van der Waals surface area (Å²) in [5, 5.41) is 3.48. The van der Waals surface area contributed by atoms with Crippen LogP contribution in [0, 0.1) is 6.92 Å². The molecule has 0 saturated heterocycles. The molecule has 0 saturated carbocycles. The first-order valence-electron chi connectivity index (χ1n) is 7.19. The summed E-state index contributed by atoms with van der Waals surface area (Å²) in [7, 11) is 2.06. The summed E-state index contributed by atoms with van der Waals surface area (Å²) < 4.78 is 1.17. The third kappa shape index (κ3) is 2.68. The average Bonchev–Trinajstić information content (AvgIpc) is 2.39. The van der Waals surface area contributed by atoms with Gasteiger partial charge in [0, 0.05) is 10.5 Å². The van der Waals surface area contributed by atoms with Crippen LogP contribution in [-0.4, -0.2) is 7.05 Å². The SMILES string of the molecule is CNC(CC1Cc2ccccc21)c1cc(C)cc(Br)c1. The number of hydrogen-bond donors (Lipinski definition) is 1. The van der Waals surface area contributed by atoms with Crippen LogP contribution in [0.25, 0.3) is 0 Å². The molecule has 1 aliphatic rings. The molecule has 2 heteroatoms. The number of nitrogens with one attached hydrogen (secondary N) is 1. The highest BCUT2D eigenvalue weighted by atomic mass is 79.9. The lowest BCUT2D eigenvalue weighted by molar-refractivity contribution is 0.452. The van der Waals surface area contributed by atoms with Gasteiger partial charge in [0.25, 0.3) is 0 Å². The Hall–Kier alpha value is -1.12. The van der Waals surface area contributed by atoms with Crippen molar-refractivity contribution in [2.45, 2.75) is 31.7 Å². The zero-order valence-corrected chi connectivity index (χ0v) is 13.6. The van der Waals surface area contributed by atoms with Crippen LogP contribution in [0.2, 0.25) is 0 Å². The molecule has 0 spiro atoms. The van der Waals surface area contributed by atoms with E-state index in [1.165, 1.54) is 34.0 Å². The zero-order valence-electron chi connectivity index (χ0n) is 12.0. The number of benzene rings is 2. The largest absolute Gasteiger partial charge is 0.313 e. The number of fused-ring (bicyclic) bond motifs is 1. The van der Waals surface area contributed by atoms with Gasteiger partial charge in [-0.05, 0) is 67.1 Å². The Morgan fingerprint density at radius 1 is 1.25 bits per heavy atom. The summed E-state index contributed by atoms with van der Waals surface area (Å²) in [6, 6.07) is 15.9. The van der Waals surface area contributed by atoms with Gasteiger partial charge in [0.15, 0.2) is 0 Å². The second-order valence-corrected chi connectivity index (χ2v) is 6.65. The van der Waals surface area contributed by atoms with Gasteiger partial charge in [0.05, 0.1) is 0 Å². The molecule has 1 aliphatic carbocycles. The van der Waals surface area contributed by atoms with Crippen LogP contribution < -0.4 is 5.32 Å². The Kier molecular flexibility index (Phi) is 3.95. The Balaban J connectivity index is 1.79. The van der Waals surface area contributed by atoms with Crippen LogP contribution >= 0.6 is 15.9 Å². The summed E-state index contributed by atoms with van der Waals surface area (Å²) >= 11 is 3.61. The van der Waals surface area contributed by atoms with Crippen molar-refractivity contribution in [3.63, 3.8) is 0 Å². The van der Waals surface area contributed by atoms with E-state index in [2.05, 4.69) is 77.7 Å². The Morgan fingerprint density at radius 2 is 2.05 bits per heavy atom. The van der Waals surface area contributed by atoms with E-state index in [0.717, 1.165) is 0 Å². The van der Waals surface area contributed by atoms with Crippen LogP contribution in [0.1, 0.15) is 40.6 Å². The first-order chi connectivity index (χ1) is 9.67. The molecule has 2 aromatic rings. The molecular formula is C18H20BrN. The zero-order chi connectivity index (χ0) is 14.1. The molecule has 0 amide bonds. The summed E-state index contributed by atoms with van der Waals surface area (Å²) in [6.45, 7) is 2.15. The molecule has 20 heavy (non-hydrogen) atoms. The molecule has 0 aromatic heterocycles. The van der Waals surface area contributed by atoms with E-state index in [1.54, 1.807) is 5.56 Å². The molecule has 2 atom stereocenters. The molecule has 1 N–H and O–H groups in total. The standard InChI is InChI=1S/C18H20BrN/c1-12-7-15(10-16(19)8-12)18(20-2)11-14-9-13-5-3-4-6-17(13)14/h3-8,10,14,18,20H,9,11H2,1-2H3. The van der Waals surface area contributed by atoms with E-state index in [9.17, 15) is 0 Å². The van der Waals surface area contributed by atoms with Crippen LogP contribution in [-0.2, 0) is 6.42 Å². The molecule has 3 rings (SSSR count). The molecule has 2 unspecified atom stereocenters. The molecule has 0 aliphatic heterocycles. The van der Waals surface area contributed by atoms with E-state index >= 15 is 0 Å². The third-order valence-electron chi connectivity index (χ3n) is 4.30. The molecule has 104 valence electrons. The Morgan fingerprint density at radius 3 is 2.75 bits per heavy atom. The maximum absolute atomic E-state index is 3.61. The van der Waals surface area contributed by atoms with Crippen molar-refractivity contribution in [1.82, 2.24) is 5.32 Å². The Bertz CT molecular complexity index is 600. The van der Waals surface area contributed by atoms with Crippen LogP contribution in [0.3, 0.4) is 0 Å². The average molecular weight is 330 g/mol. The monoisotopic (exact) mass is 329 g/mol. The van der Waals surface area contributed by atoms with E-state index in [1.807, 2.05) is 0 Å². The van der Waals surface area contributed by atoms with Crippen molar-refractivity contribution >= 4 is 15.9 Å². The van der Waals surface area contributed by atoms with Gasteiger partial charge >= 0.3 is 0 Å². The molecule has 0 radical (unpaired) electrons. The van der Waals surface area contributed by atoms with Crippen molar-refractivity contribution in [2.24, 2.45) is 0 Å². The fraction of sp³-hybridized carbons (Fsp3) is 0.333. The highest BCUT2D eigenvalue weighted by Crippen LogP contribution is 2.40. The summed E-state index contributed by atoms with van der Waals surface area (Å²) in [5.41, 5.74) is 5.75. The van der Waals surface area contributed by atoms with E-state index in [-0.39, 0.29) is 0 Å². The van der Waals surface area contributed by atoms with E-state index < -0.39 is 0 Å². The van der Waals surface area contributed by atoms with Crippen molar-refractivity contribution < 1.29 is 0 Å². The second kappa shape index (κ2) is 5.71. The second-order valence-electron chi connectivity index (χ2n) is 5.74. The lowest BCUT2D eigenvalue weighted by Crippen LogP contribution is -2.25. The first kappa shape index (κ1) is 13.8. The van der Waals surface area contributed by atoms with Crippen molar-refractivity contribution in [3.8, 4) is 0 Å². The van der Waals surface area contributed by atoms with Gasteiger partial charge in [-0.2, -0.15) is 0 Å². The van der Waals surface area contributed by atoms with Crippen LogP contribution in [0.4, 0.5) is 0 Å². The van der Waals surface area contributed by atoms with Gasteiger partial charge in [-0.3, -0.25) is 0 Å². The minimum atomic E-state index is 0.421. The minimum Gasteiger partial charge on any atom is -0.313 e. The van der Waals surface area contributed by atoms with Gasteiger partial charge < -0.3 is 5.32 Å². The van der Waals surface area contributed by atoms with E-state index in [0.29, 0.717) is 12.0 Å². The molecule has 0 bridgehead atoms.